The van der Waals surface area contributed by atoms with Crippen LogP contribution in [0.25, 0.3) is 0 Å². The zero-order valence-corrected chi connectivity index (χ0v) is 17.1. The molecule has 1 heterocycles. The van der Waals surface area contributed by atoms with Gasteiger partial charge in [0.1, 0.15) is 16.5 Å². The Morgan fingerprint density at radius 2 is 1.87 bits per heavy atom. The molecule has 30 heavy (non-hydrogen) atoms. The minimum absolute atomic E-state index is 0.155. The van der Waals surface area contributed by atoms with Crippen LogP contribution in [-0.2, 0) is 4.79 Å². The molecule has 1 aliphatic carbocycles. The second kappa shape index (κ2) is 8.91. The number of benzene rings is 2. The molecule has 0 radical (unpaired) electrons. The fourth-order valence-corrected chi connectivity index (χ4v) is 3.61. The Bertz CT molecular complexity index is 1050. The average Bonchev–Trinajstić information content (AvgIpc) is 3.52. The number of ether oxygens (including phenoxy) is 2. The molecule has 0 atom stereocenters. The average molecular weight is 424 g/mol. The van der Waals surface area contributed by atoms with Crippen LogP contribution in [0.4, 0.5) is 10.8 Å². The Labute approximate surface area is 177 Å². The monoisotopic (exact) mass is 424 g/mol. The van der Waals surface area contributed by atoms with E-state index in [9.17, 15) is 9.59 Å². The van der Waals surface area contributed by atoms with Crippen LogP contribution in [0.5, 0.6) is 11.5 Å². The van der Waals surface area contributed by atoms with Crippen LogP contribution in [0.2, 0.25) is 0 Å². The van der Waals surface area contributed by atoms with E-state index in [1.54, 1.807) is 55.6 Å². The molecule has 0 unspecified atom stereocenters. The first-order valence-electron chi connectivity index (χ1n) is 9.42. The topological polar surface area (TPSA) is 102 Å². The Hall–Kier alpha value is -3.46. The summed E-state index contributed by atoms with van der Waals surface area (Å²) in [6.45, 7) is -0.155. The minimum Gasteiger partial charge on any atom is -0.497 e. The molecule has 1 fully saturated rings. The maximum absolute atomic E-state index is 12.4. The van der Waals surface area contributed by atoms with Gasteiger partial charge in [0, 0.05) is 23.2 Å². The maximum Gasteiger partial charge on any atom is 0.262 e. The van der Waals surface area contributed by atoms with Crippen LogP contribution in [0.1, 0.15) is 34.1 Å². The number of rotatable bonds is 8. The number of nitrogens with one attached hydrogen (secondary N) is 2. The molecule has 3 aromatic rings. The van der Waals surface area contributed by atoms with Crippen molar-refractivity contribution in [3.05, 3.63) is 59.1 Å². The van der Waals surface area contributed by atoms with Crippen LogP contribution >= 0.6 is 11.3 Å². The van der Waals surface area contributed by atoms with Crippen molar-refractivity contribution >= 4 is 34.0 Å². The highest BCUT2D eigenvalue weighted by atomic mass is 32.1. The molecule has 1 saturated carbocycles. The normalized spacial score (nSPS) is 12.8. The molecular formula is C21H20N4O4S. The summed E-state index contributed by atoms with van der Waals surface area (Å²) in [6, 6.07) is 13.6. The lowest BCUT2D eigenvalue weighted by Crippen LogP contribution is -2.20. The third-order valence-corrected chi connectivity index (χ3v) is 5.43. The molecule has 1 aromatic heterocycles. The third-order valence-electron chi connectivity index (χ3n) is 4.43. The van der Waals surface area contributed by atoms with Gasteiger partial charge >= 0.3 is 0 Å². The summed E-state index contributed by atoms with van der Waals surface area (Å²) < 4.78 is 10.6. The SMILES string of the molecule is COc1cccc(NC(=O)COc2ccc(C(=O)Nc3nnc(C4CC4)s3)cc2)c1. The molecule has 1 aliphatic rings. The summed E-state index contributed by atoms with van der Waals surface area (Å²) in [6.07, 6.45) is 2.28. The number of methoxy groups -OCH3 is 1. The lowest BCUT2D eigenvalue weighted by Gasteiger charge is -2.09. The summed E-state index contributed by atoms with van der Waals surface area (Å²) in [5.74, 6) is 1.08. The molecule has 2 N–H and O–H groups in total. The van der Waals surface area contributed by atoms with Gasteiger partial charge in [-0.25, -0.2) is 0 Å². The van der Waals surface area contributed by atoms with Crippen LogP contribution in [0, 0.1) is 0 Å². The largest absolute Gasteiger partial charge is 0.497 e. The Balaban J connectivity index is 1.27. The molecule has 0 spiro atoms. The first-order valence-corrected chi connectivity index (χ1v) is 10.2. The first kappa shape index (κ1) is 19.8. The standard InChI is InChI=1S/C21H20N4O4S/c1-28-17-4-2-3-15(11-17)22-18(26)12-29-16-9-7-13(8-10-16)19(27)23-21-25-24-20(30-21)14-5-6-14/h2-4,7-11,14H,5-6,12H2,1H3,(H,22,26)(H,23,25,27). The smallest absolute Gasteiger partial charge is 0.262 e. The maximum atomic E-state index is 12.4. The lowest BCUT2D eigenvalue weighted by molar-refractivity contribution is -0.118. The van der Waals surface area contributed by atoms with Crippen molar-refractivity contribution in [2.24, 2.45) is 0 Å². The molecule has 4 rings (SSSR count). The van der Waals surface area contributed by atoms with Gasteiger partial charge in [-0.1, -0.05) is 17.4 Å². The van der Waals surface area contributed by atoms with Crippen LogP contribution < -0.4 is 20.1 Å². The quantitative estimate of drug-likeness (QED) is 0.572. The first-order chi connectivity index (χ1) is 14.6. The van der Waals surface area contributed by atoms with E-state index in [0.29, 0.717) is 33.8 Å². The van der Waals surface area contributed by atoms with Crippen molar-refractivity contribution in [2.75, 3.05) is 24.4 Å². The molecule has 0 bridgehead atoms. The van der Waals surface area contributed by atoms with E-state index >= 15 is 0 Å². The van der Waals surface area contributed by atoms with Gasteiger partial charge in [0.25, 0.3) is 11.8 Å². The molecule has 9 heteroatoms. The number of carbonyl (C=O) groups is 2. The summed E-state index contributed by atoms with van der Waals surface area (Å²) in [5.41, 5.74) is 1.09. The lowest BCUT2D eigenvalue weighted by atomic mass is 10.2. The zero-order chi connectivity index (χ0) is 20.9. The number of amides is 2. The van der Waals surface area contributed by atoms with Crippen LogP contribution in [-0.4, -0.2) is 35.7 Å². The van der Waals surface area contributed by atoms with Crippen molar-refractivity contribution < 1.29 is 19.1 Å². The Morgan fingerprint density at radius 3 is 2.60 bits per heavy atom. The van der Waals surface area contributed by atoms with Gasteiger partial charge in [-0.05, 0) is 49.2 Å². The van der Waals surface area contributed by atoms with Crippen LogP contribution in [0.15, 0.2) is 48.5 Å². The molecular weight excluding hydrogens is 404 g/mol. The van der Waals surface area contributed by atoms with Crippen molar-refractivity contribution in [1.82, 2.24) is 10.2 Å². The van der Waals surface area contributed by atoms with Crippen molar-refractivity contribution in [3.63, 3.8) is 0 Å². The number of anilines is 2. The highest BCUT2D eigenvalue weighted by molar-refractivity contribution is 7.15. The van der Waals surface area contributed by atoms with E-state index in [4.69, 9.17) is 9.47 Å². The second-order valence-electron chi connectivity index (χ2n) is 6.77. The molecule has 2 aromatic carbocycles. The highest BCUT2D eigenvalue weighted by Gasteiger charge is 2.27. The Morgan fingerprint density at radius 1 is 1.07 bits per heavy atom. The van der Waals surface area contributed by atoms with Crippen molar-refractivity contribution in [2.45, 2.75) is 18.8 Å². The van der Waals surface area contributed by atoms with Crippen molar-refractivity contribution in [1.29, 1.82) is 0 Å². The molecule has 8 nitrogen and oxygen atoms in total. The number of carbonyl (C=O) groups excluding carboxylic acids is 2. The minimum atomic E-state index is -0.298. The zero-order valence-electron chi connectivity index (χ0n) is 16.3. The Kier molecular flexibility index (Phi) is 5.89. The van der Waals surface area contributed by atoms with Gasteiger partial charge in [0.15, 0.2) is 6.61 Å². The van der Waals surface area contributed by atoms with Gasteiger partial charge in [0.05, 0.1) is 7.11 Å². The number of nitrogens with zero attached hydrogens (tertiary/aromatic N) is 2. The molecule has 0 saturated heterocycles. The predicted molar refractivity (Wildman–Crippen MR) is 113 cm³/mol. The molecule has 154 valence electrons. The van der Waals surface area contributed by atoms with Crippen LogP contribution in [0.3, 0.4) is 0 Å². The van der Waals surface area contributed by atoms with E-state index in [0.717, 1.165) is 17.8 Å². The summed E-state index contributed by atoms with van der Waals surface area (Å²) >= 11 is 1.41. The van der Waals surface area contributed by atoms with E-state index in [-0.39, 0.29) is 18.4 Å². The summed E-state index contributed by atoms with van der Waals surface area (Å²) in [7, 11) is 1.56. The van der Waals surface area contributed by atoms with E-state index in [2.05, 4.69) is 20.8 Å². The van der Waals surface area contributed by atoms with Gasteiger partial charge in [-0.15, -0.1) is 10.2 Å². The van der Waals surface area contributed by atoms with E-state index in [1.165, 1.54) is 11.3 Å². The fourth-order valence-electron chi connectivity index (χ4n) is 2.70. The van der Waals surface area contributed by atoms with Gasteiger partial charge in [0.2, 0.25) is 5.13 Å². The predicted octanol–water partition coefficient (Wildman–Crippen LogP) is 3.69. The van der Waals surface area contributed by atoms with E-state index in [1.807, 2.05) is 0 Å². The fraction of sp³-hybridized carbons (Fsp3) is 0.238. The molecule has 2 amide bonds. The van der Waals surface area contributed by atoms with Gasteiger partial charge < -0.3 is 14.8 Å². The van der Waals surface area contributed by atoms with Gasteiger partial charge in [-0.3, -0.25) is 14.9 Å². The van der Waals surface area contributed by atoms with Gasteiger partial charge in [-0.2, -0.15) is 0 Å². The number of hydrogen-bond donors (Lipinski definition) is 2. The highest BCUT2D eigenvalue weighted by Crippen LogP contribution is 2.42. The summed E-state index contributed by atoms with van der Waals surface area (Å²) in [5, 5.41) is 15.1. The van der Waals surface area contributed by atoms with Crippen molar-refractivity contribution in [3.8, 4) is 11.5 Å². The second-order valence-corrected chi connectivity index (χ2v) is 7.78. The van der Waals surface area contributed by atoms with E-state index < -0.39 is 0 Å². The number of hydrogen-bond acceptors (Lipinski definition) is 7. The summed E-state index contributed by atoms with van der Waals surface area (Å²) in [4.78, 5) is 24.4. The third kappa shape index (κ3) is 5.12. The number of aromatic nitrogens is 2. The molecule has 0 aliphatic heterocycles.